The van der Waals surface area contributed by atoms with E-state index in [0.29, 0.717) is 0 Å². The van der Waals surface area contributed by atoms with Crippen molar-refractivity contribution < 1.29 is 0 Å². The summed E-state index contributed by atoms with van der Waals surface area (Å²) in [5.41, 5.74) is 0. The Labute approximate surface area is 82.6 Å². The van der Waals surface area contributed by atoms with Crippen LogP contribution < -0.4 is 5.32 Å². The predicted molar refractivity (Wildman–Crippen MR) is 58.9 cm³/mol. The number of nitrogens with one attached hydrogen (secondary N) is 1. The van der Waals surface area contributed by atoms with Crippen molar-refractivity contribution in [3.8, 4) is 0 Å². The first-order valence-electron chi connectivity index (χ1n) is 5.67. The fourth-order valence-electron chi connectivity index (χ4n) is 1.97. The van der Waals surface area contributed by atoms with E-state index in [9.17, 15) is 0 Å². The number of rotatable bonds is 7. The molecule has 1 aliphatic rings. The maximum Gasteiger partial charge on any atom is 0.00721 e. The second-order valence-electron chi connectivity index (χ2n) is 4.37. The van der Waals surface area contributed by atoms with Crippen molar-refractivity contribution in [1.29, 1.82) is 0 Å². The molecule has 1 rings (SSSR count). The van der Waals surface area contributed by atoms with E-state index in [0.717, 1.165) is 12.0 Å². The highest BCUT2D eigenvalue weighted by molar-refractivity contribution is 4.81. The van der Waals surface area contributed by atoms with Gasteiger partial charge in [-0.1, -0.05) is 19.4 Å². The third-order valence-electron chi connectivity index (χ3n) is 2.89. The van der Waals surface area contributed by atoms with Crippen LogP contribution >= 0.6 is 0 Å². The molecule has 0 spiro atoms. The van der Waals surface area contributed by atoms with Gasteiger partial charge < -0.3 is 5.32 Å². The molecule has 0 amide bonds. The van der Waals surface area contributed by atoms with Gasteiger partial charge in [0, 0.05) is 6.04 Å². The highest BCUT2D eigenvalue weighted by Gasteiger charge is 2.23. The summed E-state index contributed by atoms with van der Waals surface area (Å²) in [6.07, 6.45) is 9.98. The Morgan fingerprint density at radius 1 is 1.31 bits per heavy atom. The molecule has 0 atom stereocenters. The minimum Gasteiger partial charge on any atom is -0.314 e. The SMILES string of the molecule is C=CCCCCCNC1CC(C)C1. The van der Waals surface area contributed by atoms with E-state index >= 15 is 0 Å². The molecule has 76 valence electrons. The lowest BCUT2D eigenvalue weighted by Crippen LogP contribution is -2.40. The van der Waals surface area contributed by atoms with Gasteiger partial charge in [-0.05, 0) is 44.6 Å². The van der Waals surface area contributed by atoms with Gasteiger partial charge in [0.25, 0.3) is 0 Å². The average Bonchev–Trinajstić information content (AvgIpc) is 2.07. The normalized spacial score (nSPS) is 26.8. The van der Waals surface area contributed by atoms with Gasteiger partial charge in [-0.3, -0.25) is 0 Å². The molecular formula is C12H23N. The molecule has 0 heterocycles. The van der Waals surface area contributed by atoms with Crippen molar-refractivity contribution in [3.63, 3.8) is 0 Å². The second-order valence-corrected chi connectivity index (χ2v) is 4.37. The standard InChI is InChI=1S/C12H23N/c1-3-4-5-6-7-8-13-12-9-11(2)10-12/h3,11-13H,1,4-10H2,2H3. The van der Waals surface area contributed by atoms with Gasteiger partial charge in [-0.25, -0.2) is 0 Å². The van der Waals surface area contributed by atoms with Crippen LogP contribution in [-0.4, -0.2) is 12.6 Å². The Balaban J connectivity index is 1.77. The van der Waals surface area contributed by atoms with Gasteiger partial charge in [0.1, 0.15) is 0 Å². The molecule has 0 unspecified atom stereocenters. The third kappa shape index (κ3) is 4.47. The minimum absolute atomic E-state index is 0.842. The van der Waals surface area contributed by atoms with Crippen molar-refractivity contribution in [2.45, 2.75) is 51.5 Å². The van der Waals surface area contributed by atoms with Crippen LogP contribution in [0.5, 0.6) is 0 Å². The molecule has 13 heavy (non-hydrogen) atoms. The molecule has 0 bridgehead atoms. The molecule has 0 radical (unpaired) electrons. The molecule has 0 aromatic heterocycles. The zero-order valence-electron chi connectivity index (χ0n) is 8.89. The van der Waals surface area contributed by atoms with Crippen LogP contribution in [0.2, 0.25) is 0 Å². The summed E-state index contributed by atoms with van der Waals surface area (Å²) in [6, 6.07) is 0.842. The van der Waals surface area contributed by atoms with E-state index in [1.807, 2.05) is 6.08 Å². The van der Waals surface area contributed by atoms with Gasteiger partial charge >= 0.3 is 0 Å². The molecule has 0 aliphatic heterocycles. The molecule has 1 fully saturated rings. The first-order chi connectivity index (χ1) is 6.33. The summed E-state index contributed by atoms with van der Waals surface area (Å²) in [6.45, 7) is 7.27. The molecule has 0 aromatic carbocycles. The van der Waals surface area contributed by atoms with Gasteiger partial charge in [0.05, 0.1) is 0 Å². The van der Waals surface area contributed by atoms with E-state index < -0.39 is 0 Å². The number of unbranched alkanes of at least 4 members (excludes halogenated alkanes) is 3. The Morgan fingerprint density at radius 2 is 2.08 bits per heavy atom. The predicted octanol–water partition coefficient (Wildman–Crippen LogP) is 3.12. The van der Waals surface area contributed by atoms with E-state index in [1.54, 1.807) is 0 Å². The van der Waals surface area contributed by atoms with Crippen molar-refractivity contribution in [1.82, 2.24) is 5.32 Å². The maximum absolute atomic E-state index is 3.72. The van der Waals surface area contributed by atoms with E-state index in [2.05, 4.69) is 18.8 Å². The van der Waals surface area contributed by atoms with Gasteiger partial charge in [0.15, 0.2) is 0 Å². The monoisotopic (exact) mass is 181 g/mol. The fourth-order valence-corrected chi connectivity index (χ4v) is 1.97. The van der Waals surface area contributed by atoms with Gasteiger partial charge in [-0.15, -0.1) is 6.58 Å². The Morgan fingerprint density at radius 3 is 2.69 bits per heavy atom. The van der Waals surface area contributed by atoms with Gasteiger partial charge in [-0.2, -0.15) is 0 Å². The summed E-state index contributed by atoms with van der Waals surface area (Å²) in [5.74, 6) is 0.971. The first-order valence-corrected chi connectivity index (χ1v) is 5.67. The van der Waals surface area contributed by atoms with E-state index in [1.165, 1.54) is 45.1 Å². The largest absolute Gasteiger partial charge is 0.314 e. The molecule has 1 heteroatoms. The third-order valence-corrected chi connectivity index (χ3v) is 2.89. The van der Waals surface area contributed by atoms with Crippen molar-refractivity contribution in [2.24, 2.45) is 5.92 Å². The summed E-state index contributed by atoms with van der Waals surface area (Å²) in [5, 5.41) is 3.60. The van der Waals surface area contributed by atoms with E-state index in [4.69, 9.17) is 0 Å². The maximum atomic E-state index is 3.72. The number of hydrogen-bond acceptors (Lipinski definition) is 1. The molecule has 1 N–H and O–H groups in total. The lowest BCUT2D eigenvalue weighted by molar-refractivity contribution is 0.241. The summed E-state index contributed by atoms with van der Waals surface area (Å²) in [7, 11) is 0. The van der Waals surface area contributed by atoms with E-state index in [-0.39, 0.29) is 0 Å². The van der Waals surface area contributed by atoms with Crippen LogP contribution in [-0.2, 0) is 0 Å². The Kier molecular flexibility index (Phi) is 5.14. The van der Waals surface area contributed by atoms with Crippen LogP contribution in [0.1, 0.15) is 45.4 Å². The first kappa shape index (κ1) is 10.8. The van der Waals surface area contributed by atoms with Crippen molar-refractivity contribution in [3.05, 3.63) is 12.7 Å². The van der Waals surface area contributed by atoms with Gasteiger partial charge in [0.2, 0.25) is 0 Å². The molecule has 1 saturated carbocycles. The van der Waals surface area contributed by atoms with Crippen LogP contribution in [0, 0.1) is 5.92 Å². The van der Waals surface area contributed by atoms with Crippen molar-refractivity contribution in [2.75, 3.05) is 6.54 Å². The Hall–Kier alpha value is -0.300. The van der Waals surface area contributed by atoms with Crippen LogP contribution in [0.25, 0.3) is 0 Å². The Bertz CT molecular complexity index is 136. The zero-order chi connectivity index (χ0) is 9.52. The smallest absolute Gasteiger partial charge is 0.00721 e. The fraction of sp³-hybridized carbons (Fsp3) is 0.833. The van der Waals surface area contributed by atoms with Crippen LogP contribution in [0.15, 0.2) is 12.7 Å². The molecule has 1 nitrogen and oxygen atoms in total. The number of hydrogen-bond donors (Lipinski definition) is 1. The van der Waals surface area contributed by atoms with Crippen LogP contribution in [0.4, 0.5) is 0 Å². The highest BCUT2D eigenvalue weighted by atomic mass is 14.9. The lowest BCUT2D eigenvalue weighted by atomic mass is 9.82. The zero-order valence-corrected chi connectivity index (χ0v) is 8.89. The number of allylic oxidation sites excluding steroid dienone is 1. The molecule has 1 aliphatic carbocycles. The highest BCUT2D eigenvalue weighted by Crippen LogP contribution is 2.26. The van der Waals surface area contributed by atoms with Crippen molar-refractivity contribution >= 4 is 0 Å². The topological polar surface area (TPSA) is 12.0 Å². The summed E-state index contributed by atoms with van der Waals surface area (Å²) >= 11 is 0. The average molecular weight is 181 g/mol. The lowest BCUT2D eigenvalue weighted by Gasteiger charge is -2.33. The molecule has 0 aromatic rings. The molecule has 0 saturated heterocycles. The second kappa shape index (κ2) is 6.20. The quantitative estimate of drug-likeness (QED) is 0.470. The summed E-state index contributed by atoms with van der Waals surface area (Å²) in [4.78, 5) is 0. The van der Waals surface area contributed by atoms with Crippen LogP contribution in [0.3, 0.4) is 0 Å². The summed E-state index contributed by atoms with van der Waals surface area (Å²) < 4.78 is 0. The minimum atomic E-state index is 0.842. The molecular weight excluding hydrogens is 158 g/mol.